The number of nitrogens with one attached hydrogen (secondary N) is 2. The van der Waals surface area contributed by atoms with E-state index in [-0.39, 0.29) is 19.0 Å². The molecule has 0 saturated carbocycles. The maximum absolute atomic E-state index is 12.5. The van der Waals surface area contributed by atoms with Crippen molar-refractivity contribution in [1.29, 1.82) is 5.41 Å². The molecule has 1 atom stereocenters. The van der Waals surface area contributed by atoms with Crippen LogP contribution in [0.5, 0.6) is 11.5 Å². The van der Waals surface area contributed by atoms with Gasteiger partial charge < -0.3 is 30.7 Å². The lowest BCUT2D eigenvalue weighted by Gasteiger charge is -2.31. The SMILES string of the molecule is CCOc1cc(C(C)(Nc2ccc(C(=N)N)cc2)C(=O)O)c(OCCO)cc1CC(C)C. The highest BCUT2D eigenvalue weighted by molar-refractivity contribution is 5.95. The highest BCUT2D eigenvalue weighted by Gasteiger charge is 2.39. The number of hydrogen-bond acceptors (Lipinski definition) is 6. The third-order valence-electron chi connectivity index (χ3n) is 5.00. The fraction of sp³-hybridized carbons (Fsp3) is 0.417. The van der Waals surface area contributed by atoms with Gasteiger partial charge >= 0.3 is 5.97 Å². The molecule has 2 aromatic rings. The van der Waals surface area contributed by atoms with E-state index < -0.39 is 11.5 Å². The van der Waals surface area contributed by atoms with Gasteiger partial charge in [-0.15, -0.1) is 0 Å². The number of carboxylic acid groups (broad SMARTS) is 1. The van der Waals surface area contributed by atoms with Gasteiger partial charge in [0.15, 0.2) is 5.54 Å². The second-order valence-corrected chi connectivity index (χ2v) is 8.11. The highest BCUT2D eigenvalue weighted by Crippen LogP contribution is 2.39. The number of rotatable bonds is 12. The molecule has 6 N–H and O–H groups in total. The second-order valence-electron chi connectivity index (χ2n) is 8.11. The average molecular weight is 444 g/mol. The van der Waals surface area contributed by atoms with Gasteiger partial charge in [-0.25, -0.2) is 4.79 Å². The van der Waals surface area contributed by atoms with E-state index in [1.54, 1.807) is 43.3 Å². The lowest BCUT2D eigenvalue weighted by molar-refractivity contribution is -0.142. The van der Waals surface area contributed by atoms with Crippen LogP contribution in [0.2, 0.25) is 0 Å². The Kier molecular flexibility index (Phi) is 8.48. The molecular weight excluding hydrogens is 410 g/mol. The van der Waals surface area contributed by atoms with Crippen molar-refractivity contribution in [3.8, 4) is 11.5 Å². The van der Waals surface area contributed by atoms with E-state index in [2.05, 4.69) is 19.2 Å². The van der Waals surface area contributed by atoms with E-state index in [0.717, 1.165) is 12.0 Å². The van der Waals surface area contributed by atoms with Crippen LogP contribution in [0.1, 0.15) is 44.4 Å². The van der Waals surface area contributed by atoms with Gasteiger partial charge in [-0.1, -0.05) is 13.8 Å². The third kappa shape index (κ3) is 5.91. The summed E-state index contributed by atoms with van der Waals surface area (Å²) in [6.07, 6.45) is 0.731. The van der Waals surface area contributed by atoms with Crippen LogP contribution in [-0.2, 0) is 16.8 Å². The van der Waals surface area contributed by atoms with Gasteiger partial charge in [0.1, 0.15) is 23.9 Å². The fourth-order valence-electron chi connectivity index (χ4n) is 3.41. The number of hydrogen-bond donors (Lipinski definition) is 5. The molecule has 0 fully saturated rings. The van der Waals surface area contributed by atoms with Crippen molar-refractivity contribution in [2.45, 2.75) is 39.7 Å². The molecular formula is C24H33N3O5. The maximum Gasteiger partial charge on any atom is 0.333 e. The molecule has 2 aromatic carbocycles. The van der Waals surface area contributed by atoms with E-state index >= 15 is 0 Å². The number of carboxylic acids is 1. The van der Waals surface area contributed by atoms with Crippen LogP contribution < -0.4 is 20.5 Å². The lowest BCUT2D eigenvalue weighted by Crippen LogP contribution is -2.41. The van der Waals surface area contributed by atoms with Crippen molar-refractivity contribution >= 4 is 17.5 Å². The summed E-state index contributed by atoms with van der Waals surface area (Å²) >= 11 is 0. The Bertz CT molecular complexity index is 943. The Morgan fingerprint density at radius 3 is 2.34 bits per heavy atom. The molecule has 0 aliphatic heterocycles. The topological polar surface area (TPSA) is 138 Å². The van der Waals surface area contributed by atoms with Gasteiger partial charge in [-0.2, -0.15) is 0 Å². The first-order chi connectivity index (χ1) is 15.1. The number of aliphatic carboxylic acids is 1. The number of aliphatic hydroxyl groups is 1. The molecule has 0 radical (unpaired) electrons. The van der Waals surface area contributed by atoms with Crippen molar-refractivity contribution in [3.05, 3.63) is 53.1 Å². The molecule has 0 spiro atoms. The summed E-state index contributed by atoms with van der Waals surface area (Å²) in [7, 11) is 0. The van der Waals surface area contributed by atoms with E-state index in [9.17, 15) is 15.0 Å². The molecule has 0 aliphatic carbocycles. The zero-order valence-electron chi connectivity index (χ0n) is 19.1. The number of nitrogen functional groups attached to an aromatic ring is 1. The smallest absolute Gasteiger partial charge is 0.333 e. The Morgan fingerprint density at radius 2 is 1.84 bits per heavy atom. The summed E-state index contributed by atoms with van der Waals surface area (Å²) in [5.41, 5.74) is 6.31. The number of anilines is 1. The average Bonchev–Trinajstić information content (AvgIpc) is 2.73. The molecule has 8 heteroatoms. The highest BCUT2D eigenvalue weighted by atomic mass is 16.5. The zero-order chi connectivity index (χ0) is 23.9. The monoisotopic (exact) mass is 443 g/mol. The van der Waals surface area contributed by atoms with Crippen LogP contribution in [-0.4, -0.2) is 41.8 Å². The minimum absolute atomic E-state index is 0.0328. The maximum atomic E-state index is 12.5. The standard InChI is InChI=1S/C24H33N3O5/c1-5-31-20-14-19(21(32-11-10-28)13-17(20)12-15(2)3)24(4,23(29)30)27-18-8-6-16(7-9-18)22(25)26/h6-9,13-15,27-28H,5,10-12H2,1-4H3,(H3,25,26)(H,29,30). The molecule has 0 saturated heterocycles. The van der Waals surface area contributed by atoms with Gasteiger partial charge in [0.2, 0.25) is 0 Å². The Hall–Kier alpha value is -3.26. The van der Waals surface area contributed by atoms with E-state index in [1.165, 1.54) is 0 Å². The van der Waals surface area contributed by atoms with E-state index in [1.807, 2.05) is 6.92 Å². The summed E-state index contributed by atoms with van der Waals surface area (Å²) < 4.78 is 11.6. The van der Waals surface area contributed by atoms with E-state index in [0.29, 0.717) is 40.8 Å². The van der Waals surface area contributed by atoms with Crippen LogP contribution in [0.4, 0.5) is 5.69 Å². The first kappa shape index (κ1) is 25.0. The third-order valence-corrected chi connectivity index (χ3v) is 5.00. The molecule has 0 aromatic heterocycles. The fourth-order valence-corrected chi connectivity index (χ4v) is 3.41. The molecule has 0 heterocycles. The van der Waals surface area contributed by atoms with Crippen molar-refractivity contribution < 1.29 is 24.5 Å². The lowest BCUT2D eigenvalue weighted by atomic mass is 9.88. The van der Waals surface area contributed by atoms with Crippen molar-refractivity contribution in [1.82, 2.24) is 0 Å². The van der Waals surface area contributed by atoms with Crippen molar-refractivity contribution in [2.24, 2.45) is 11.7 Å². The molecule has 1 unspecified atom stereocenters. The predicted octanol–water partition coefficient (Wildman–Crippen LogP) is 3.35. The van der Waals surface area contributed by atoms with Crippen molar-refractivity contribution in [2.75, 3.05) is 25.1 Å². The first-order valence-electron chi connectivity index (χ1n) is 10.6. The minimum atomic E-state index is -1.56. The summed E-state index contributed by atoms with van der Waals surface area (Å²) in [6, 6.07) is 10.1. The molecule has 0 aliphatic rings. The number of nitrogens with two attached hydrogens (primary N) is 1. The van der Waals surface area contributed by atoms with Gasteiger partial charge in [-0.05, 0) is 68.1 Å². The molecule has 0 amide bonds. The predicted molar refractivity (Wildman–Crippen MR) is 125 cm³/mol. The van der Waals surface area contributed by atoms with Crippen LogP contribution in [0.25, 0.3) is 0 Å². The Morgan fingerprint density at radius 1 is 1.19 bits per heavy atom. The van der Waals surface area contributed by atoms with Gasteiger partial charge in [0, 0.05) is 16.8 Å². The Balaban J connectivity index is 2.61. The van der Waals surface area contributed by atoms with E-state index in [4.69, 9.17) is 20.6 Å². The number of aliphatic hydroxyl groups excluding tert-OH is 1. The minimum Gasteiger partial charge on any atom is -0.494 e. The summed E-state index contributed by atoms with van der Waals surface area (Å²) in [5, 5.41) is 30.1. The number of carbonyl (C=O) groups is 1. The number of amidine groups is 1. The Labute approximate surface area is 188 Å². The number of ether oxygens (including phenoxy) is 2. The number of benzene rings is 2. The van der Waals surface area contributed by atoms with Crippen LogP contribution >= 0.6 is 0 Å². The second kappa shape index (κ2) is 10.9. The summed E-state index contributed by atoms with van der Waals surface area (Å²) in [6.45, 7) is 7.87. The van der Waals surface area contributed by atoms with Crippen LogP contribution in [0.3, 0.4) is 0 Å². The molecule has 32 heavy (non-hydrogen) atoms. The van der Waals surface area contributed by atoms with Gasteiger partial charge in [0.25, 0.3) is 0 Å². The quantitative estimate of drug-likeness (QED) is 0.250. The summed E-state index contributed by atoms with van der Waals surface area (Å²) in [4.78, 5) is 12.5. The first-order valence-corrected chi connectivity index (χ1v) is 10.6. The normalized spacial score (nSPS) is 12.8. The molecule has 174 valence electrons. The van der Waals surface area contributed by atoms with Crippen LogP contribution in [0, 0.1) is 11.3 Å². The van der Waals surface area contributed by atoms with Gasteiger partial charge in [-0.3, -0.25) is 5.41 Å². The van der Waals surface area contributed by atoms with Crippen molar-refractivity contribution in [3.63, 3.8) is 0 Å². The molecule has 0 bridgehead atoms. The molecule has 8 nitrogen and oxygen atoms in total. The van der Waals surface area contributed by atoms with Crippen LogP contribution in [0.15, 0.2) is 36.4 Å². The summed E-state index contributed by atoms with van der Waals surface area (Å²) in [5.74, 6) is 0.152. The molecule has 2 rings (SSSR count). The zero-order valence-corrected chi connectivity index (χ0v) is 19.1. The van der Waals surface area contributed by atoms with Gasteiger partial charge in [0.05, 0.1) is 13.2 Å². The largest absolute Gasteiger partial charge is 0.494 e.